The fourth-order valence-corrected chi connectivity index (χ4v) is 1.75. The Morgan fingerprint density at radius 3 is 2.85 bits per heavy atom. The van der Waals surface area contributed by atoms with Crippen LogP contribution in [0, 0.1) is 5.41 Å². The molecule has 1 aliphatic heterocycles. The van der Waals surface area contributed by atoms with E-state index in [4.69, 9.17) is 4.74 Å². The SMILES string of the molecule is CC1(C)CC/C1=N\NC1CCOC1. The molecule has 2 rings (SSSR count). The van der Waals surface area contributed by atoms with Gasteiger partial charge in [-0.1, -0.05) is 13.8 Å². The highest BCUT2D eigenvalue weighted by Crippen LogP contribution is 2.36. The van der Waals surface area contributed by atoms with Crippen LogP contribution in [0.15, 0.2) is 5.10 Å². The summed E-state index contributed by atoms with van der Waals surface area (Å²) in [5.41, 5.74) is 4.86. The predicted molar refractivity (Wildman–Crippen MR) is 52.8 cm³/mol. The van der Waals surface area contributed by atoms with E-state index in [9.17, 15) is 0 Å². The summed E-state index contributed by atoms with van der Waals surface area (Å²) in [6.45, 7) is 6.20. The van der Waals surface area contributed by atoms with E-state index in [1.165, 1.54) is 12.1 Å². The molecule has 74 valence electrons. The molecule has 2 aliphatic rings. The third-order valence-corrected chi connectivity index (χ3v) is 3.08. The molecule has 0 spiro atoms. The maximum Gasteiger partial charge on any atom is 0.0695 e. The van der Waals surface area contributed by atoms with Gasteiger partial charge in [0.25, 0.3) is 0 Å². The third kappa shape index (κ3) is 1.85. The summed E-state index contributed by atoms with van der Waals surface area (Å²) >= 11 is 0. The fraction of sp³-hybridized carbons (Fsp3) is 0.900. The van der Waals surface area contributed by atoms with Gasteiger partial charge in [0.05, 0.1) is 12.6 Å². The first-order valence-corrected chi connectivity index (χ1v) is 5.09. The van der Waals surface area contributed by atoms with E-state index in [1.807, 2.05) is 0 Å². The Kier molecular flexibility index (Phi) is 2.28. The molecule has 0 amide bonds. The quantitative estimate of drug-likeness (QED) is 0.657. The molecule has 0 bridgehead atoms. The number of hydrogen-bond acceptors (Lipinski definition) is 3. The van der Waals surface area contributed by atoms with Gasteiger partial charge in [-0.15, -0.1) is 0 Å². The molecular formula is C10H18N2O. The minimum atomic E-state index is 0.340. The van der Waals surface area contributed by atoms with Crippen molar-refractivity contribution in [3.63, 3.8) is 0 Å². The summed E-state index contributed by atoms with van der Waals surface area (Å²) in [7, 11) is 0. The second-order valence-electron chi connectivity index (χ2n) is 4.63. The zero-order valence-corrected chi connectivity index (χ0v) is 8.47. The third-order valence-electron chi connectivity index (χ3n) is 3.08. The van der Waals surface area contributed by atoms with Crippen molar-refractivity contribution in [2.45, 2.75) is 39.2 Å². The average Bonchev–Trinajstić information content (AvgIpc) is 2.55. The van der Waals surface area contributed by atoms with Gasteiger partial charge in [0, 0.05) is 17.7 Å². The molecule has 1 N–H and O–H groups in total. The molecule has 3 heteroatoms. The Morgan fingerprint density at radius 1 is 1.54 bits per heavy atom. The van der Waals surface area contributed by atoms with Crippen LogP contribution in [0.3, 0.4) is 0 Å². The molecule has 0 radical (unpaired) electrons. The van der Waals surface area contributed by atoms with Gasteiger partial charge in [-0.2, -0.15) is 5.10 Å². The Bertz CT molecular complexity index is 217. The fourth-order valence-electron chi connectivity index (χ4n) is 1.75. The number of ether oxygens (including phenoxy) is 1. The van der Waals surface area contributed by atoms with Crippen molar-refractivity contribution < 1.29 is 4.74 Å². The molecular weight excluding hydrogens is 164 g/mol. The first kappa shape index (κ1) is 9.00. The lowest BCUT2D eigenvalue weighted by atomic mass is 9.70. The van der Waals surface area contributed by atoms with Crippen LogP contribution in [-0.2, 0) is 4.74 Å². The molecule has 1 saturated heterocycles. The number of rotatable bonds is 2. The smallest absolute Gasteiger partial charge is 0.0695 e. The summed E-state index contributed by atoms with van der Waals surface area (Å²) in [5, 5.41) is 4.45. The highest BCUT2D eigenvalue weighted by Gasteiger charge is 2.34. The lowest BCUT2D eigenvalue weighted by Crippen LogP contribution is -2.38. The van der Waals surface area contributed by atoms with Gasteiger partial charge in [-0.25, -0.2) is 0 Å². The lowest BCUT2D eigenvalue weighted by molar-refractivity contribution is 0.190. The van der Waals surface area contributed by atoms with Crippen molar-refractivity contribution in [1.82, 2.24) is 5.43 Å². The van der Waals surface area contributed by atoms with Crippen molar-refractivity contribution in [1.29, 1.82) is 0 Å². The Hall–Kier alpha value is -0.570. The van der Waals surface area contributed by atoms with E-state index in [0.29, 0.717) is 11.5 Å². The summed E-state index contributed by atoms with van der Waals surface area (Å²) in [4.78, 5) is 0. The van der Waals surface area contributed by atoms with Gasteiger partial charge in [-0.05, 0) is 19.3 Å². The standard InChI is InChI=1S/C10H18N2O/c1-10(2)5-3-9(10)12-11-8-4-6-13-7-8/h8,11H,3-7H2,1-2H3/b12-9+. The predicted octanol–water partition coefficient (Wildman–Crippen LogP) is 1.54. The van der Waals surface area contributed by atoms with E-state index >= 15 is 0 Å². The molecule has 1 heterocycles. The molecule has 2 fully saturated rings. The van der Waals surface area contributed by atoms with Crippen LogP contribution in [0.1, 0.15) is 33.1 Å². The number of hydrazone groups is 1. The van der Waals surface area contributed by atoms with Gasteiger partial charge in [0.1, 0.15) is 0 Å². The van der Waals surface area contributed by atoms with Gasteiger partial charge >= 0.3 is 0 Å². The average molecular weight is 182 g/mol. The second kappa shape index (κ2) is 3.29. The number of nitrogens with zero attached hydrogens (tertiary/aromatic N) is 1. The molecule has 1 saturated carbocycles. The number of nitrogens with one attached hydrogen (secondary N) is 1. The normalized spacial score (nSPS) is 34.6. The van der Waals surface area contributed by atoms with Gasteiger partial charge in [-0.3, -0.25) is 0 Å². The maximum atomic E-state index is 5.26. The van der Waals surface area contributed by atoms with E-state index in [0.717, 1.165) is 26.1 Å². The lowest BCUT2D eigenvalue weighted by Gasteiger charge is -2.36. The van der Waals surface area contributed by atoms with Crippen molar-refractivity contribution in [3.05, 3.63) is 0 Å². The molecule has 0 aromatic heterocycles. The maximum absolute atomic E-state index is 5.26. The van der Waals surface area contributed by atoms with Crippen molar-refractivity contribution in [2.75, 3.05) is 13.2 Å². The zero-order valence-electron chi connectivity index (χ0n) is 8.47. The molecule has 13 heavy (non-hydrogen) atoms. The van der Waals surface area contributed by atoms with Crippen LogP contribution in [0.25, 0.3) is 0 Å². The summed E-state index contributed by atoms with van der Waals surface area (Å²) in [6.07, 6.45) is 3.53. The van der Waals surface area contributed by atoms with Crippen molar-refractivity contribution >= 4 is 5.71 Å². The van der Waals surface area contributed by atoms with E-state index < -0.39 is 0 Å². The van der Waals surface area contributed by atoms with Gasteiger partial charge < -0.3 is 10.2 Å². The monoisotopic (exact) mass is 182 g/mol. The van der Waals surface area contributed by atoms with E-state index in [-0.39, 0.29) is 0 Å². The molecule has 1 aliphatic carbocycles. The molecule has 0 aromatic rings. The second-order valence-corrected chi connectivity index (χ2v) is 4.63. The Labute approximate surface area is 79.5 Å². The van der Waals surface area contributed by atoms with Crippen LogP contribution in [-0.4, -0.2) is 25.0 Å². The molecule has 1 unspecified atom stereocenters. The van der Waals surface area contributed by atoms with Crippen LogP contribution in [0.2, 0.25) is 0 Å². The first-order valence-electron chi connectivity index (χ1n) is 5.09. The largest absolute Gasteiger partial charge is 0.379 e. The van der Waals surface area contributed by atoms with Crippen molar-refractivity contribution in [2.24, 2.45) is 10.5 Å². The highest BCUT2D eigenvalue weighted by atomic mass is 16.5. The zero-order chi connectivity index (χ0) is 9.31. The van der Waals surface area contributed by atoms with Crippen LogP contribution >= 0.6 is 0 Å². The Balaban J connectivity index is 1.83. The number of hydrogen-bond donors (Lipinski definition) is 1. The topological polar surface area (TPSA) is 33.6 Å². The van der Waals surface area contributed by atoms with Crippen LogP contribution < -0.4 is 5.43 Å². The van der Waals surface area contributed by atoms with E-state index in [2.05, 4.69) is 24.4 Å². The van der Waals surface area contributed by atoms with Crippen LogP contribution in [0.5, 0.6) is 0 Å². The minimum absolute atomic E-state index is 0.340. The molecule has 3 nitrogen and oxygen atoms in total. The van der Waals surface area contributed by atoms with Gasteiger partial charge in [0.15, 0.2) is 0 Å². The Morgan fingerprint density at radius 2 is 2.38 bits per heavy atom. The minimum Gasteiger partial charge on any atom is -0.379 e. The summed E-state index contributed by atoms with van der Waals surface area (Å²) in [5.74, 6) is 0. The summed E-state index contributed by atoms with van der Waals surface area (Å²) in [6, 6.07) is 0.448. The highest BCUT2D eigenvalue weighted by molar-refractivity contribution is 5.94. The summed E-state index contributed by atoms with van der Waals surface area (Å²) < 4.78 is 5.26. The van der Waals surface area contributed by atoms with Gasteiger partial charge in [0.2, 0.25) is 0 Å². The van der Waals surface area contributed by atoms with Crippen molar-refractivity contribution in [3.8, 4) is 0 Å². The van der Waals surface area contributed by atoms with Crippen LogP contribution in [0.4, 0.5) is 0 Å². The van der Waals surface area contributed by atoms with E-state index in [1.54, 1.807) is 0 Å². The first-order chi connectivity index (χ1) is 6.18. The molecule has 0 aromatic carbocycles. The molecule has 1 atom stereocenters.